The van der Waals surface area contributed by atoms with Crippen LogP contribution >= 0.6 is 0 Å². The number of nitrogens with zero attached hydrogens (tertiary/aromatic N) is 1. The fourth-order valence-electron chi connectivity index (χ4n) is 3.75. The fraction of sp³-hybridized carbons (Fsp3) is 0.684. The van der Waals surface area contributed by atoms with Gasteiger partial charge in [0.1, 0.15) is 18.0 Å². The van der Waals surface area contributed by atoms with Crippen LogP contribution in [0, 0.1) is 6.92 Å². The quantitative estimate of drug-likeness (QED) is 0.923. The molecule has 1 aliphatic heterocycles. The normalized spacial score (nSPS) is 23.4. The molecule has 0 atom stereocenters. The van der Waals surface area contributed by atoms with Crippen molar-refractivity contribution in [1.29, 1.82) is 0 Å². The number of aryl methyl sites for hydroxylation is 1. The van der Waals surface area contributed by atoms with Crippen LogP contribution in [0.1, 0.15) is 50.5 Å². The van der Waals surface area contributed by atoms with E-state index >= 15 is 0 Å². The van der Waals surface area contributed by atoms with E-state index in [2.05, 4.69) is 11.8 Å². The summed E-state index contributed by atoms with van der Waals surface area (Å²) in [6.07, 6.45) is 8.50. The molecule has 1 saturated heterocycles. The lowest BCUT2D eigenvalue weighted by Gasteiger charge is -2.42. The highest BCUT2D eigenvalue weighted by Gasteiger charge is 2.35. The first-order chi connectivity index (χ1) is 10.6. The summed E-state index contributed by atoms with van der Waals surface area (Å²) in [6.45, 7) is 4.50. The molecule has 1 aromatic rings. The van der Waals surface area contributed by atoms with Crippen LogP contribution in [0.3, 0.4) is 0 Å². The summed E-state index contributed by atoms with van der Waals surface area (Å²) in [6, 6.07) is 8.82. The highest BCUT2D eigenvalue weighted by Crippen LogP contribution is 2.29. The number of hydrogen-bond donors (Lipinski definition) is 1. The third kappa shape index (κ3) is 4.02. The Kier molecular flexibility index (Phi) is 5.04. The molecular formula is C19H29NO2. The average Bonchev–Trinajstić information content (AvgIpc) is 2.56. The molecule has 1 heterocycles. The van der Waals surface area contributed by atoms with Crippen LogP contribution in [0.5, 0.6) is 5.75 Å². The van der Waals surface area contributed by atoms with Gasteiger partial charge in [-0.25, -0.2) is 0 Å². The predicted molar refractivity (Wildman–Crippen MR) is 89.3 cm³/mol. The molecule has 1 aromatic carbocycles. The van der Waals surface area contributed by atoms with Crippen LogP contribution in [-0.2, 0) is 0 Å². The molecule has 22 heavy (non-hydrogen) atoms. The van der Waals surface area contributed by atoms with Crippen molar-refractivity contribution in [3.63, 3.8) is 0 Å². The number of benzene rings is 1. The number of likely N-dealkylation sites (tertiary alicyclic amines) is 1. The topological polar surface area (TPSA) is 32.7 Å². The number of hydrogen-bond acceptors (Lipinski definition) is 3. The molecule has 3 rings (SSSR count). The number of piperidine rings is 1. The molecule has 0 spiro atoms. The lowest BCUT2D eigenvalue weighted by Crippen LogP contribution is -2.51. The van der Waals surface area contributed by atoms with Gasteiger partial charge in [0.2, 0.25) is 0 Å². The van der Waals surface area contributed by atoms with Crippen LogP contribution in [0.25, 0.3) is 0 Å². The molecule has 3 heteroatoms. The summed E-state index contributed by atoms with van der Waals surface area (Å²) >= 11 is 0. The second kappa shape index (κ2) is 7.01. The average molecular weight is 303 g/mol. The molecule has 1 N–H and O–H groups in total. The molecule has 2 fully saturated rings. The van der Waals surface area contributed by atoms with Crippen LogP contribution in [0.2, 0.25) is 0 Å². The van der Waals surface area contributed by atoms with Gasteiger partial charge in [0.25, 0.3) is 0 Å². The number of rotatable bonds is 4. The Morgan fingerprint density at radius 2 is 1.73 bits per heavy atom. The first kappa shape index (κ1) is 15.8. The van der Waals surface area contributed by atoms with Crippen molar-refractivity contribution in [3.05, 3.63) is 29.8 Å². The Labute approximate surface area is 134 Å². The van der Waals surface area contributed by atoms with E-state index in [4.69, 9.17) is 4.74 Å². The fourth-order valence-corrected chi connectivity index (χ4v) is 3.75. The second-order valence-electron chi connectivity index (χ2n) is 7.15. The molecule has 0 amide bonds. The molecule has 2 aliphatic rings. The summed E-state index contributed by atoms with van der Waals surface area (Å²) < 4.78 is 5.82. The van der Waals surface area contributed by atoms with Gasteiger partial charge < -0.3 is 14.7 Å². The molecule has 1 aliphatic carbocycles. The summed E-state index contributed by atoms with van der Waals surface area (Å²) in [5.74, 6) is 0.855. The smallest absolute Gasteiger partial charge is 0.119 e. The summed E-state index contributed by atoms with van der Waals surface area (Å²) in [5.41, 5.74) is 0.572. The minimum absolute atomic E-state index is 0.411. The number of aliphatic hydroxyl groups is 1. The van der Waals surface area contributed by atoms with E-state index in [9.17, 15) is 5.11 Å². The first-order valence-electron chi connectivity index (χ1n) is 8.81. The van der Waals surface area contributed by atoms with Crippen molar-refractivity contribution in [1.82, 2.24) is 4.90 Å². The molecule has 0 unspecified atom stereocenters. The molecule has 0 aromatic heterocycles. The van der Waals surface area contributed by atoms with E-state index < -0.39 is 5.60 Å². The van der Waals surface area contributed by atoms with E-state index in [1.54, 1.807) is 0 Å². The Balaban J connectivity index is 1.47. The minimum atomic E-state index is -0.657. The third-order valence-electron chi connectivity index (χ3n) is 5.35. The van der Waals surface area contributed by atoms with E-state index in [1.165, 1.54) is 37.7 Å². The summed E-state index contributed by atoms with van der Waals surface area (Å²) in [4.78, 5) is 2.60. The Morgan fingerprint density at radius 3 is 2.36 bits per heavy atom. The van der Waals surface area contributed by atoms with Crippen LogP contribution in [0.15, 0.2) is 24.3 Å². The molecule has 0 bridgehead atoms. The van der Waals surface area contributed by atoms with Gasteiger partial charge in [0.05, 0.1) is 0 Å². The van der Waals surface area contributed by atoms with Crippen molar-refractivity contribution in [2.24, 2.45) is 0 Å². The maximum atomic E-state index is 10.8. The van der Waals surface area contributed by atoms with E-state index in [0.717, 1.165) is 37.7 Å². The van der Waals surface area contributed by atoms with Gasteiger partial charge in [0, 0.05) is 19.1 Å². The lowest BCUT2D eigenvalue weighted by atomic mass is 9.88. The highest BCUT2D eigenvalue weighted by molar-refractivity contribution is 5.26. The summed E-state index contributed by atoms with van der Waals surface area (Å²) in [7, 11) is 0. The van der Waals surface area contributed by atoms with Crippen molar-refractivity contribution in [2.45, 2.75) is 63.5 Å². The molecule has 122 valence electrons. The summed E-state index contributed by atoms with van der Waals surface area (Å²) in [5, 5.41) is 10.8. The molecule has 3 nitrogen and oxygen atoms in total. The molecule has 0 radical (unpaired) electrons. The first-order valence-corrected chi connectivity index (χ1v) is 8.81. The monoisotopic (exact) mass is 303 g/mol. The van der Waals surface area contributed by atoms with Gasteiger partial charge in [-0.05, 0) is 44.7 Å². The van der Waals surface area contributed by atoms with Gasteiger partial charge in [-0.2, -0.15) is 0 Å². The highest BCUT2D eigenvalue weighted by atomic mass is 16.5. The van der Waals surface area contributed by atoms with Crippen LogP contribution in [-0.4, -0.2) is 41.3 Å². The zero-order chi connectivity index (χ0) is 15.4. The van der Waals surface area contributed by atoms with Gasteiger partial charge in [0.15, 0.2) is 0 Å². The Hall–Kier alpha value is -1.06. The number of ether oxygens (including phenoxy) is 1. The minimum Gasteiger partial charge on any atom is -0.491 e. The van der Waals surface area contributed by atoms with E-state index in [-0.39, 0.29) is 0 Å². The van der Waals surface area contributed by atoms with E-state index in [0.29, 0.717) is 6.61 Å². The zero-order valence-electron chi connectivity index (χ0n) is 13.8. The van der Waals surface area contributed by atoms with Gasteiger partial charge >= 0.3 is 0 Å². The van der Waals surface area contributed by atoms with Crippen molar-refractivity contribution < 1.29 is 9.84 Å². The van der Waals surface area contributed by atoms with Crippen molar-refractivity contribution in [3.8, 4) is 5.75 Å². The van der Waals surface area contributed by atoms with Crippen molar-refractivity contribution >= 4 is 0 Å². The molecular weight excluding hydrogens is 274 g/mol. The van der Waals surface area contributed by atoms with Crippen LogP contribution < -0.4 is 4.74 Å². The van der Waals surface area contributed by atoms with Gasteiger partial charge in [-0.15, -0.1) is 0 Å². The van der Waals surface area contributed by atoms with Gasteiger partial charge in [-0.1, -0.05) is 37.0 Å². The third-order valence-corrected chi connectivity index (χ3v) is 5.35. The molecule has 1 saturated carbocycles. The largest absolute Gasteiger partial charge is 0.491 e. The second-order valence-corrected chi connectivity index (χ2v) is 7.15. The maximum Gasteiger partial charge on any atom is 0.119 e. The van der Waals surface area contributed by atoms with Crippen molar-refractivity contribution in [2.75, 3.05) is 19.7 Å². The maximum absolute atomic E-state index is 10.8. The SMILES string of the molecule is Cc1ccc(OCC2(O)CCN(C3CCCCC3)CC2)cc1. The van der Waals surface area contributed by atoms with E-state index in [1.807, 2.05) is 24.3 Å². The van der Waals surface area contributed by atoms with Gasteiger partial charge in [-0.3, -0.25) is 0 Å². The predicted octanol–water partition coefficient (Wildman–Crippen LogP) is 3.53. The Bertz CT molecular complexity index is 457. The zero-order valence-corrected chi connectivity index (χ0v) is 13.8. The Morgan fingerprint density at radius 1 is 1.09 bits per heavy atom. The lowest BCUT2D eigenvalue weighted by molar-refractivity contribution is -0.0618. The standard InChI is InChI=1S/C19H29NO2/c1-16-7-9-18(10-8-16)22-15-19(21)11-13-20(14-12-19)17-5-3-2-4-6-17/h7-10,17,21H,2-6,11-15H2,1H3. The van der Waals surface area contributed by atoms with Crippen LogP contribution in [0.4, 0.5) is 0 Å².